The van der Waals surface area contributed by atoms with Crippen LogP contribution in [0, 0.1) is 0 Å². The molecule has 19 heavy (non-hydrogen) atoms. The minimum atomic E-state index is -3.30. The van der Waals surface area contributed by atoms with Gasteiger partial charge in [0, 0.05) is 18.1 Å². The second-order valence-electron chi connectivity index (χ2n) is 3.85. The Morgan fingerprint density at radius 1 is 1.26 bits per heavy atom. The summed E-state index contributed by atoms with van der Waals surface area (Å²) in [5, 5.41) is 2.58. The predicted molar refractivity (Wildman–Crippen MR) is 69.5 cm³/mol. The smallest absolute Gasteiger partial charge is 0.274 e. The average molecular weight is 277 g/mol. The topological polar surface area (TPSA) is 89.0 Å². The van der Waals surface area contributed by atoms with Gasteiger partial charge in [-0.25, -0.2) is 18.4 Å². The Morgan fingerprint density at radius 3 is 2.68 bits per heavy atom. The van der Waals surface area contributed by atoms with Gasteiger partial charge in [0.25, 0.3) is 5.91 Å². The van der Waals surface area contributed by atoms with E-state index in [4.69, 9.17) is 0 Å². The molecule has 1 amide bonds. The molecular weight excluding hydrogens is 266 g/mol. The Kier molecular flexibility index (Phi) is 3.57. The van der Waals surface area contributed by atoms with Gasteiger partial charge in [0.1, 0.15) is 12.0 Å². The van der Waals surface area contributed by atoms with Crippen LogP contribution in [-0.2, 0) is 9.84 Å². The molecule has 1 heterocycles. The maximum absolute atomic E-state index is 11.8. The molecule has 2 aromatic rings. The van der Waals surface area contributed by atoms with E-state index in [1.165, 1.54) is 30.7 Å². The number of aromatic nitrogens is 2. The van der Waals surface area contributed by atoms with Crippen LogP contribution >= 0.6 is 0 Å². The predicted octanol–water partition coefficient (Wildman–Crippen LogP) is 1.13. The van der Waals surface area contributed by atoms with E-state index in [-0.39, 0.29) is 10.6 Å². The number of carbonyl (C=O) groups is 1. The largest absolute Gasteiger partial charge is 0.321 e. The van der Waals surface area contributed by atoms with Crippen molar-refractivity contribution in [2.75, 3.05) is 11.6 Å². The first-order valence-electron chi connectivity index (χ1n) is 5.34. The third-order valence-electron chi connectivity index (χ3n) is 2.33. The number of nitrogens with zero attached hydrogens (tertiary/aromatic N) is 2. The van der Waals surface area contributed by atoms with Gasteiger partial charge in [0.05, 0.1) is 4.90 Å². The van der Waals surface area contributed by atoms with Crippen LogP contribution in [0.25, 0.3) is 0 Å². The van der Waals surface area contributed by atoms with Crippen molar-refractivity contribution < 1.29 is 13.2 Å². The van der Waals surface area contributed by atoms with Gasteiger partial charge < -0.3 is 5.32 Å². The zero-order valence-electron chi connectivity index (χ0n) is 10.1. The van der Waals surface area contributed by atoms with Crippen LogP contribution < -0.4 is 5.32 Å². The van der Waals surface area contributed by atoms with Crippen LogP contribution in [-0.4, -0.2) is 30.5 Å². The van der Waals surface area contributed by atoms with Gasteiger partial charge in [0.15, 0.2) is 9.84 Å². The summed E-state index contributed by atoms with van der Waals surface area (Å²) in [4.78, 5) is 19.5. The zero-order valence-corrected chi connectivity index (χ0v) is 10.9. The summed E-state index contributed by atoms with van der Waals surface area (Å²) >= 11 is 0. The molecule has 0 aliphatic rings. The molecule has 7 heteroatoms. The van der Waals surface area contributed by atoms with E-state index >= 15 is 0 Å². The van der Waals surface area contributed by atoms with Crippen LogP contribution in [0.15, 0.2) is 47.8 Å². The van der Waals surface area contributed by atoms with Crippen LogP contribution in [0.1, 0.15) is 10.5 Å². The first-order chi connectivity index (χ1) is 8.97. The number of sulfone groups is 1. The van der Waals surface area contributed by atoms with Crippen LogP contribution in [0.3, 0.4) is 0 Å². The van der Waals surface area contributed by atoms with Gasteiger partial charge in [-0.05, 0) is 24.3 Å². The van der Waals surface area contributed by atoms with Gasteiger partial charge in [-0.3, -0.25) is 4.79 Å². The standard InChI is InChI=1S/C12H11N3O3S/c1-19(17,18)10-4-2-3-9(7-10)15-12(16)11-5-6-13-8-14-11/h2-8H,1H3,(H,15,16). The number of hydrogen-bond acceptors (Lipinski definition) is 5. The number of hydrogen-bond donors (Lipinski definition) is 1. The molecule has 6 nitrogen and oxygen atoms in total. The quantitative estimate of drug-likeness (QED) is 0.908. The lowest BCUT2D eigenvalue weighted by atomic mass is 10.3. The van der Waals surface area contributed by atoms with E-state index in [0.717, 1.165) is 6.26 Å². The van der Waals surface area contributed by atoms with Crippen LogP contribution in [0.4, 0.5) is 5.69 Å². The van der Waals surface area contributed by atoms with Crippen molar-refractivity contribution >= 4 is 21.4 Å². The van der Waals surface area contributed by atoms with Gasteiger partial charge >= 0.3 is 0 Å². The molecule has 98 valence electrons. The van der Waals surface area contributed by atoms with Crippen LogP contribution in [0.2, 0.25) is 0 Å². The maximum atomic E-state index is 11.8. The summed E-state index contributed by atoms with van der Waals surface area (Å²) in [5.74, 6) is -0.423. The molecule has 0 saturated heterocycles. The molecule has 1 aromatic carbocycles. The van der Waals surface area contributed by atoms with Crippen molar-refractivity contribution in [3.8, 4) is 0 Å². The summed E-state index contributed by atoms with van der Waals surface area (Å²) in [7, 11) is -3.30. The van der Waals surface area contributed by atoms with Gasteiger partial charge in [-0.1, -0.05) is 6.07 Å². The lowest BCUT2D eigenvalue weighted by Crippen LogP contribution is -2.13. The number of anilines is 1. The highest BCUT2D eigenvalue weighted by Crippen LogP contribution is 2.15. The lowest BCUT2D eigenvalue weighted by Gasteiger charge is -2.06. The number of amides is 1. The third-order valence-corrected chi connectivity index (χ3v) is 3.44. The average Bonchev–Trinajstić information content (AvgIpc) is 2.39. The number of rotatable bonds is 3. The van der Waals surface area contributed by atoms with Crippen molar-refractivity contribution in [1.29, 1.82) is 0 Å². The van der Waals surface area contributed by atoms with E-state index in [9.17, 15) is 13.2 Å². The third kappa shape index (κ3) is 3.35. The molecule has 1 aromatic heterocycles. The molecular formula is C12H11N3O3S. The van der Waals surface area contributed by atoms with Crippen LogP contribution in [0.5, 0.6) is 0 Å². The number of benzene rings is 1. The first kappa shape index (κ1) is 13.2. The van der Waals surface area contributed by atoms with E-state index < -0.39 is 15.7 Å². The molecule has 2 rings (SSSR count). The van der Waals surface area contributed by atoms with E-state index in [1.807, 2.05) is 0 Å². The SMILES string of the molecule is CS(=O)(=O)c1cccc(NC(=O)c2ccncn2)c1. The number of nitrogens with one attached hydrogen (secondary N) is 1. The Balaban J connectivity index is 2.23. The molecule has 0 spiro atoms. The lowest BCUT2D eigenvalue weighted by molar-refractivity contribution is 0.102. The fraction of sp³-hybridized carbons (Fsp3) is 0.0833. The molecule has 0 aliphatic carbocycles. The summed E-state index contributed by atoms with van der Waals surface area (Å²) in [5.41, 5.74) is 0.603. The monoisotopic (exact) mass is 277 g/mol. The molecule has 0 bridgehead atoms. The summed E-state index contributed by atoms with van der Waals surface area (Å²) in [6.45, 7) is 0. The summed E-state index contributed by atoms with van der Waals surface area (Å²) in [6.07, 6.45) is 3.83. The zero-order chi connectivity index (χ0) is 13.9. The normalized spacial score (nSPS) is 11.0. The Hall–Kier alpha value is -2.28. The second kappa shape index (κ2) is 5.15. The maximum Gasteiger partial charge on any atom is 0.274 e. The van der Waals surface area contributed by atoms with Crippen molar-refractivity contribution in [2.24, 2.45) is 0 Å². The molecule has 0 radical (unpaired) electrons. The molecule has 0 unspecified atom stereocenters. The highest BCUT2D eigenvalue weighted by Gasteiger charge is 2.10. The van der Waals surface area contributed by atoms with Gasteiger partial charge in [-0.2, -0.15) is 0 Å². The van der Waals surface area contributed by atoms with Gasteiger partial charge in [0.2, 0.25) is 0 Å². The second-order valence-corrected chi connectivity index (χ2v) is 5.86. The van der Waals surface area contributed by atoms with Crippen molar-refractivity contribution in [3.05, 3.63) is 48.5 Å². The molecule has 0 fully saturated rings. The fourth-order valence-corrected chi connectivity index (χ4v) is 2.09. The fourth-order valence-electron chi connectivity index (χ4n) is 1.42. The van der Waals surface area contributed by atoms with Gasteiger partial charge in [-0.15, -0.1) is 0 Å². The Labute approximate surface area is 110 Å². The van der Waals surface area contributed by atoms with E-state index in [0.29, 0.717) is 5.69 Å². The molecule has 1 N–H and O–H groups in total. The highest BCUT2D eigenvalue weighted by atomic mass is 32.2. The van der Waals surface area contributed by atoms with E-state index in [1.54, 1.807) is 12.1 Å². The van der Waals surface area contributed by atoms with Crippen molar-refractivity contribution in [3.63, 3.8) is 0 Å². The molecule has 0 aliphatic heterocycles. The number of carbonyl (C=O) groups excluding carboxylic acids is 1. The first-order valence-corrected chi connectivity index (χ1v) is 7.23. The van der Waals surface area contributed by atoms with Crippen molar-refractivity contribution in [2.45, 2.75) is 4.90 Å². The Morgan fingerprint density at radius 2 is 2.05 bits per heavy atom. The minimum absolute atomic E-state index is 0.146. The summed E-state index contributed by atoms with van der Waals surface area (Å²) < 4.78 is 22.8. The molecule has 0 saturated carbocycles. The van der Waals surface area contributed by atoms with E-state index in [2.05, 4.69) is 15.3 Å². The highest BCUT2D eigenvalue weighted by molar-refractivity contribution is 7.90. The van der Waals surface area contributed by atoms with Crippen molar-refractivity contribution in [1.82, 2.24) is 9.97 Å². The minimum Gasteiger partial charge on any atom is -0.321 e. The molecule has 0 atom stereocenters. The summed E-state index contributed by atoms with van der Waals surface area (Å²) in [6, 6.07) is 7.50. The Bertz CT molecular complexity index is 699.